The molecule has 1 aliphatic heterocycles. The third-order valence-corrected chi connectivity index (χ3v) is 4.01. The van der Waals surface area contributed by atoms with E-state index in [0.29, 0.717) is 19.1 Å². The molecule has 2 heterocycles. The number of carbonyl (C=O) groups excluding carboxylic acids is 1. The fraction of sp³-hybridized carbons (Fsp3) is 0.500. The van der Waals surface area contributed by atoms with Gasteiger partial charge in [0.05, 0.1) is 0 Å². The highest BCUT2D eigenvalue weighted by Crippen LogP contribution is 2.24. The largest absolute Gasteiger partial charge is 0.444 e. The molecule has 1 amide bonds. The predicted octanol–water partition coefficient (Wildman–Crippen LogP) is 4.01. The van der Waals surface area contributed by atoms with Gasteiger partial charge in [-0.2, -0.15) is 4.98 Å². The summed E-state index contributed by atoms with van der Waals surface area (Å²) in [5.74, 6) is 0. The monoisotopic (exact) mass is 381 g/mol. The number of ether oxygens (including phenoxy) is 1. The van der Waals surface area contributed by atoms with Crippen LogP contribution in [0.2, 0.25) is 0 Å². The van der Waals surface area contributed by atoms with Crippen LogP contribution in [0.25, 0.3) is 11.1 Å². The van der Waals surface area contributed by atoms with Gasteiger partial charge >= 0.3 is 6.09 Å². The van der Waals surface area contributed by atoms with Crippen molar-refractivity contribution in [2.45, 2.75) is 38.8 Å². The average molecular weight is 382 g/mol. The molecule has 1 atom stereocenters. The Kier molecular flexibility index (Phi) is 4.23. The van der Waals surface area contributed by atoms with E-state index in [4.69, 9.17) is 9.15 Å². The number of anilines is 1. The van der Waals surface area contributed by atoms with Crippen molar-refractivity contribution in [3.63, 3.8) is 0 Å². The Bertz CT molecular complexity index is 723. The molecule has 1 aromatic carbocycles. The van der Waals surface area contributed by atoms with Crippen molar-refractivity contribution in [2.75, 3.05) is 18.4 Å². The molecular weight excluding hydrogens is 362 g/mol. The fourth-order valence-electron chi connectivity index (χ4n) is 2.51. The summed E-state index contributed by atoms with van der Waals surface area (Å²) in [5.41, 5.74) is 1.05. The van der Waals surface area contributed by atoms with Crippen molar-refractivity contribution >= 4 is 39.1 Å². The Morgan fingerprint density at radius 2 is 2.26 bits per heavy atom. The van der Waals surface area contributed by atoms with Crippen LogP contribution < -0.4 is 5.32 Å². The molecule has 1 N–H and O–H groups in total. The van der Waals surface area contributed by atoms with E-state index >= 15 is 0 Å². The van der Waals surface area contributed by atoms with Gasteiger partial charge in [-0.1, -0.05) is 15.9 Å². The molecule has 1 fully saturated rings. The minimum Gasteiger partial charge on any atom is -0.444 e. The number of nitrogens with zero attached hydrogens (tertiary/aromatic N) is 2. The zero-order chi connectivity index (χ0) is 16.6. The van der Waals surface area contributed by atoms with Crippen molar-refractivity contribution in [1.82, 2.24) is 9.88 Å². The zero-order valence-electron chi connectivity index (χ0n) is 13.4. The van der Waals surface area contributed by atoms with Crippen molar-refractivity contribution in [2.24, 2.45) is 0 Å². The van der Waals surface area contributed by atoms with E-state index < -0.39 is 5.60 Å². The second kappa shape index (κ2) is 6.03. The number of rotatable bonds is 2. The smallest absolute Gasteiger partial charge is 0.410 e. The summed E-state index contributed by atoms with van der Waals surface area (Å²) >= 11 is 3.42. The van der Waals surface area contributed by atoms with E-state index in [-0.39, 0.29) is 12.1 Å². The number of hydrogen-bond donors (Lipinski definition) is 1. The van der Waals surface area contributed by atoms with Gasteiger partial charge in [-0.3, -0.25) is 0 Å². The van der Waals surface area contributed by atoms with Crippen LogP contribution in [0, 0.1) is 0 Å². The third-order valence-electron chi connectivity index (χ3n) is 3.52. The Hall–Kier alpha value is -1.76. The second-order valence-corrected chi connectivity index (χ2v) is 7.60. The summed E-state index contributed by atoms with van der Waals surface area (Å²) < 4.78 is 12.0. The van der Waals surface area contributed by atoms with Crippen LogP contribution in [0.15, 0.2) is 27.1 Å². The lowest BCUT2D eigenvalue weighted by Gasteiger charge is -2.24. The average Bonchev–Trinajstić information content (AvgIpc) is 3.03. The third kappa shape index (κ3) is 3.96. The van der Waals surface area contributed by atoms with E-state index in [9.17, 15) is 4.79 Å². The second-order valence-electron chi connectivity index (χ2n) is 6.69. The van der Waals surface area contributed by atoms with Gasteiger partial charge in [0.2, 0.25) is 0 Å². The zero-order valence-corrected chi connectivity index (χ0v) is 15.0. The van der Waals surface area contributed by atoms with Crippen LogP contribution in [0.1, 0.15) is 27.2 Å². The van der Waals surface area contributed by atoms with Crippen molar-refractivity contribution < 1.29 is 13.9 Å². The summed E-state index contributed by atoms with van der Waals surface area (Å²) in [6.07, 6.45) is 0.560. The maximum Gasteiger partial charge on any atom is 0.410 e. The molecule has 0 bridgehead atoms. The maximum absolute atomic E-state index is 12.1. The highest BCUT2D eigenvalue weighted by molar-refractivity contribution is 9.10. The van der Waals surface area contributed by atoms with Crippen LogP contribution >= 0.6 is 15.9 Å². The molecule has 0 aliphatic carbocycles. The van der Waals surface area contributed by atoms with Gasteiger partial charge in [0.15, 0.2) is 5.58 Å². The van der Waals surface area contributed by atoms with Crippen molar-refractivity contribution in [1.29, 1.82) is 0 Å². The molecule has 0 radical (unpaired) electrons. The Balaban J connectivity index is 1.61. The minimum absolute atomic E-state index is 0.110. The topological polar surface area (TPSA) is 67.6 Å². The molecule has 1 aromatic heterocycles. The molecule has 124 valence electrons. The lowest BCUT2D eigenvalue weighted by atomic mass is 10.2. The van der Waals surface area contributed by atoms with Crippen LogP contribution in [0.5, 0.6) is 0 Å². The summed E-state index contributed by atoms with van der Waals surface area (Å²) in [7, 11) is 0. The Morgan fingerprint density at radius 1 is 1.48 bits per heavy atom. The summed E-state index contributed by atoms with van der Waals surface area (Å²) in [5, 5.41) is 3.25. The van der Waals surface area contributed by atoms with Gasteiger partial charge in [-0.15, -0.1) is 0 Å². The van der Waals surface area contributed by atoms with Gasteiger partial charge in [-0.25, -0.2) is 4.79 Å². The minimum atomic E-state index is -0.476. The van der Waals surface area contributed by atoms with Crippen molar-refractivity contribution in [3.8, 4) is 0 Å². The predicted molar refractivity (Wildman–Crippen MR) is 91.5 cm³/mol. The number of amides is 1. The maximum atomic E-state index is 12.1. The highest BCUT2D eigenvalue weighted by Gasteiger charge is 2.30. The SMILES string of the molecule is CC(C)(C)OC(=O)N1CC[C@H](Nc2nc3cc(Br)ccc3o2)C1. The summed E-state index contributed by atoms with van der Waals surface area (Å²) in [6.45, 7) is 6.85. The first kappa shape index (κ1) is 16.1. The highest BCUT2D eigenvalue weighted by atomic mass is 79.9. The standard InChI is InChI=1S/C16H20BrN3O3/c1-16(2,3)23-15(21)20-7-6-11(9-20)18-14-19-12-8-10(17)4-5-13(12)22-14/h4-5,8,11H,6-7,9H2,1-3H3,(H,18,19)/t11-/m0/s1. The number of fused-ring (bicyclic) bond motifs is 1. The first-order valence-corrected chi connectivity index (χ1v) is 8.40. The number of halogens is 1. The van der Waals surface area contributed by atoms with Crippen LogP contribution in [0.3, 0.4) is 0 Å². The first-order valence-electron chi connectivity index (χ1n) is 7.61. The van der Waals surface area contributed by atoms with Gasteiger partial charge in [-0.05, 0) is 45.4 Å². The number of carbonyl (C=O) groups is 1. The van der Waals surface area contributed by atoms with Crippen LogP contribution in [-0.2, 0) is 4.74 Å². The number of likely N-dealkylation sites (tertiary alicyclic amines) is 1. The lowest BCUT2D eigenvalue weighted by Crippen LogP contribution is -2.36. The number of nitrogens with one attached hydrogen (secondary N) is 1. The fourth-order valence-corrected chi connectivity index (χ4v) is 2.86. The van der Waals surface area contributed by atoms with E-state index in [1.165, 1.54) is 0 Å². The molecule has 1 aliphatic rings. The number of benzene rings is 1. The number of oxazole rings is 1. The van der Waals surface area contributed by atoms with E-state index in [0.717, 1.165) is 22.0 Å². The molecular formula is C16H20BrN3O3. The molecule has 0 spiro atoms. The molecule has 6 nitrogen and oxygen atoms in total. The quantitative estimate of drug-likeness (QED) is 0.850. The molecule has 7 heteroatoms. The Morgan fingerprint density at radius 3 is 3.00 bits per heavy atom. The van der Waals surface area contributed by atoms with Gasteiger partial charge in [0, 0.05) is 23.6 Å². The van der Waals surface area contributed by atoms with E-state index in [1.54, 1.807) is 4.90 Å². The lowest BCUT2D eigenvalue weighted by molar-refractivity contribution is 0.0293. The number of aromatic nitrogens is 1. The molecule has 2 aromatic rings. The van der Waals surface area contributed by atoms with E-state index in [1.807, 2.05) is 39.0 Å². The van der Waals surface area contributed by atoms with Crippen LogP contribution in [-0.4, -0.2) is 40.7 Å². The summed E-state index contributed by atoms with van der Waals surface area (Å²) in [4.78, 5) is 18.2. The molecule has 23 heavy (non-hydrogen) atoms. The Labute approximate surface area is 143 Å². The van der Waals surface area contributed by atoms with Crippen molar-refractivity contribution in [3.05, 3.63) is 22.7 Å². The summed E-state index contributed by atoms with van der Waals surface area (Å²) in [6, 6.07) is 6.29. The van der Waals surface area contributed by atoms with Gasteiger partial charge in [0.25, 0.3) is 6.01 Å². The molecule has 0 unspecified atom stereocenters. The van der Waals surface area contributed by atoms with Gasteiger partial charge in [0.1, 0.15) is 11.1 Å². The number of hydrogen-bond acceptors (Lipinski definition) is 5. The van der Waals surface area contributed by atoms with E-state index in [2.05, 4.69) is 26.2 Å². The molecule has 0 saturated carbocycles. The molecule has 3 rings (SSSR count). The first-order chi connectivity index (χ1) is 10.8. The normalized spacial score (nSPS) is 18.4. The molecule has 1 saturated heterocycles. The van der Waals surface area contributed by atoms with Crippen LogP contribution in [0.4, 0.5) is 10.8 Å². The van der Waals surface area contributed by atoms with Gasteiger partial charge < -0.3 is 19.4 Å².